The summed E-state index contributed by atoms with van der Waals surface area (Å²) in [6.07, 6.45) is 5.73. The molecule has 0 spiro atoms. The van der Waals surface area contributed by atoms with Crippen molar-refractivity contribution in [3.8, 4) is 17.2 Å². The van der Waals surface area contributed by atoms with Crippen LogP contribution >= 0.6 is 0 Å². The second-order valence-electron chi connectivity index (χ2n) is 5.84. The van der Waals surface area contributed by atoms with E-state index in [1.807, 2.05) is 55.5 Å². The number of methoxy groups -OCH3 is 1. The van der Waals surface area contributed by atoms with Gasteiger partial charge in [-0.05, 0) is 42.3 Å². The van der Waals surface area contributed by atoms with E-state index in [2.05, 4.69) is 10.3 Å². The molecule has 0 bridgehead atoms. The summed E-state index contributed by atoms with van der Waals surface area (Å²) in [5.41, 5.74) is 1.96. The number of allylic oxidation sites excluding steroid dienone is 1. The van der Waals surface area contributed by atoms with Crippen molar-refractivity contribution in [3.05, 3.63) is 72.1 Å². The molecule has 0 fully saturated rings. The van der Waals surface area contributed by atoms with Gasteiger partial charge in [0.25, 0.3) is 0 Å². The Bertz CT molecular complexity index is 933. The molecule has 0 saturated carbocycles. The zero-order valence-corrected chi connectivity index (χ0v) is 15.3. The van der Waals surface area contributed by atoms with Crippen molar-refractivity contribution >= 4 is 11.9 Å². The van der Waals surface area contributed by atoms with Gasteiger partial charge < -0.3 is 9.47 Å². The summed E-state index contributed by atoms with van der Waals surface area (Å²) in [5.74, 6) is 1.10. The predicted octanol–water partition coefficient (Wildman–Crippen LogP) is 3.96. The summed E-state index contributed by atoms with van der Waals surface area (Å²) in [6, 6.07) is 15.1. The molecule has 0 aliphatic heterocycles. The molecule has 6 nitrogen and oxygen atoms in total. The molecule has 3 aromatic rings. The van der Waals surface area contributed by atoms with E-state index in [4.69, 9.17) is 9.47 Å². The molecule has 0 saturated heterocycles. The van der Waals surface area contributed by atoms with Gasteiger partial charge in [0.1, 0.15) is 0 Å². The van der Waals surface area contributed by atoms with Gasteiger partial charge in [-0.1, -0.05) is 42.5 Å². The van der Waals surface area contributed by atoms with Crippen molar-refractivity contribution in [1.29, 1.82) is 0 Å². The average Bonchev–Trinajstić information content (AvgIpc) is 3.21. The molecule has 1 heterocycles. The number of aromatic nitrogens is 3. The molecule has 0 amide bonds. The van der Waals surface area contributed by atoms with Crippen LogP contribution in [-0.2, 0) is 0 Å². The van der Waals surface area contributed by atoms with Crippen LogP contribution in [0.1, 0.15) is 29.4 Å². The van der Waals surface area contributed by atoms with Crippen LogP contribution in [0, 0.1) is 0 Å². The lowest BCUT2D eigenvalue weighted by Crippen LogP contribution is -1.98. The van der Waals surface area contributed by atoms with Gasteiger partial charge in [-0.2, -0.15) is 0 Å². The Labute approximate surface area is 158 Å². The first-order valence-electron chi connectivity index (χ1n) is 8.72. The highest BCUT2D eigenvalue weighted by atomic mass is 16.5. The van der Waals surface area contributed by atoms with Gasteiger partial charge in [-0.25, -0.2) is 4.68 Å². The Morgan fingerprint density at radius 2 is 1.96 bits per heavy atom. The molecule has 2 aromatic carbocycles. The standard InChI is InChI=1S/C21H21N3O3/c1-3-13-27-20-12-10-16(14-21(20)26-2)9-11-19(25)18-15-24(23-22-18)17-7-5-4-6-8-17/h4-12,14-15H,3,13H2,1-2H3/b11-9+. The summed E-state index contributed by atoms with van der Waals surface area (Å²) < 4.78 is 12.6. The van der Waals surface area contributed by atoms with E-state index in [0.717, 1.165) is 17.7 Å². The third-order valence-electron chi connectivity index (χ3n) is 3.84. The fraction of sp³-hybridized carbons (Fsp3) is 0.190. The minimum absolute atomic E-state index is 0.220. The Morgan fingerprint density at radius 3 is 2.70 bits per heavy atom. The lowest BCUT2D eigenvalue weighted by atomic mass is 10.1. The summed E-state index contributed by atoms with van der Waals surface area (Å²) >= 11 is 0. The lowest BCUT2D eigenvalue weighted by molar-refractivity contribution is 0.104. The summed E-state index contributed by atoms with van der Waals surface area (Å²) in [5, 5.41) is 7.96. The molecule has 0 unspecified atom stereocenters. The summed E-state index contributed by atoms with van der Waals surface area (Å²) in [6.45, 7) is 2.67. The van der Waals surface area contributed by atoms with Crippen LogP contribution in [0.4, 0.5) is 0 Å². The molecule has 0 aliphatic rings. The first-order valence-corrected chi connectivity index (χ1v) is 8.72. The Hall–Kier alpha value is -3.41. The molecule has 6 heteroatoms. The van der Waals surface area contributed by atoms with Gasteiger partial charge in [-0.15, -0.1) is 5.10 Å². The third kappa shape index (κ3) is 4.61. The van der Waals surface area contributed by atoms with Gasteiger partial charge in [-0.3, -0.25) is 4.79 Å². The maximum atomic E-state index is 12.4. The molecule has 1 aromatic heterocycles. The van der Waals surface area contributed by atoms with Gasteiger partial charge in [0.05, 0.1) is 25.6 Å². The van der Waals surface area contributed by atoms with Crippen molar-refractivity contribution < 1.29 is 14.3 Å². The monoisotopic (exact) mass is 363 g/mol. The highest BCUT2D eigenvalue weighted by Crippen LogP contribution is 2.28. The number of rotatable bonds is 8. The van der Waals surface area contributed by atoms with E-state index in [0.29, 0.717) is 18.1 Å². The molecule has 0 N–H and O–H groups in total. The van der Waals surface area contributed by atoms with Gasteiger partial charge in [0.15, 0.2) is 17.2 Å². The first-order chi connectivity index (χ1) is 13.2. The Balaban J connectivity index is 1.72. The Morgan fingerprint density at radius 1 is 1.15 bits per heavy atom. The minimum Gasteiger partial charge on any atom is -0.493 e. The number of nitrogens with zero attached hydrogens (tertiary/aromatic N) is 3. The van der Waals surface area contributed by atoms with E-state index in [-0.39, 0.29) is 11.5 Å². The fourth-order valence-electron chi connectivity index (χ4n) is 2.46. The molecular weight excluding hydrogens is 342 g/mol. The second-order valence-corrected chi connectivity index (χ2v) is 5.84. The Kier molecular flexibility index (Phi) is 5.99. The van der Waals surface area contributed by atoms with Crippen LogP contribution < -0.4 is 9.47 Å². The number of hydrogen-bond donors (Lipinski definition) is 0. The van der Waals surface area contributed by atoms with Crippen molar-refractivity contribution in [2.45, 2.75) is 13.3 Å². The molecule has 27 heavy (non-hydrogen) atoms. The quantitative estimate of drug-likeness (QED) is 0.448. The topological polar surface area (TPSA) is 66.2 Å². The number of carbonyl (C=O) groups excluding carboxylic acids is 1. The average molecular weight is 363 g/mol. The molecule has 138 valence electrons. The number of hydrogen-bond acceptors (Lipinski definition) is 5. The summed E-state index contributed by atoms with van der Waals surface area (Å²) in [4.78, 5) is 12.4. The molecule has 0 radical (unpaired) electrons. The zero-order chi connectivity index (χ0) is 19.1. The first kappa shape index (κ1) is 18.4. The molecular formula is C21H21N3O3. The molecule has 0 atom stereocenters. The normalized spacial score (nSPS) is 10.9. The highest BCUT2D eigenvalue weighted by Gasteiger charge is 2.09. The van der Waals surface area contributed by atoms with Crippen molar-refractivity contribution in [3.63, 3.8) is 0 Å². The van der Waals surface area contributed by atoms with Crippen LogP contribution in [0.25, 0.3) is 11.8 Å². The van der Waals surface area contributed by atoms with E-state index < -0.39 is 0 Å². The number of para-hydroxylation sites is 1. The maximum Gasteiger partial charge on any atom is 0.207 e. The third-order valence-corrected chi connectivity index (χ3v) is 3.84. The van der Waals surface area contributed by atoms with Crippen molar-refractivity contribution in [2.24, 2.45) is 0 Å². The van der Waals surface area contributed by atoms with E-state index in [1.165, 1.54) is 6.08 Å². The van der Waals surface area contributed by atoms with Gasteiger partial charge in [0, 0.05) is 0 Å². The maximum absolute atomic E-state index is 12.4. The number of ether oxygens (including phenoxy) is 2. The zero-order valence-electron chi connectivity index (χ0n) is 15.3. The van der Waals surface area contributed by atoms with Gasteiger partial charge in [0.2, 0.25) is 5.78 Å². The SMILES string of the molecule is CCCOc1ccc(/C=C/C(=O)c2cn(-c3ccccc3)nn2)cc1OC. The predicted molar refractivity (Wildman–Crippen MR) is 104 cm³/mol. The van der Waals surface area contributed by atoms with Crippen LogP contribution in [0.5, 0.6) is 11.5 Å². The van der Waals surface area contributed by atoms with Crippen LogP contribution in [0.2, 0.25) is 0 Å². The van der Waals surface area contributed by atoms with E-state index >= 15 is 0 Å². The number of benzene rings is 2. The highest BCUT2D eigenvalue weighted by molar-refractivity contribution is 6.05. The molecule has 0 aliphatic carbocycles. The second kappa shape index (κ2) is 8.80. The van der Waals surface area contributed by atoms with Crippen LogP contribution in [0.15, 0.2) is 60.8 Å². The van der Waals surface area contributed by atoms with E-state index in [9.17, 15) is 4.79 Å². The van der Waals surface area contributed by atoms with Crippen LogP contribution in [-0.4, -0.2) is 34.5 Å². The largest absolute Gasteiger partial charge is 0.493 e. The van der Waals surface area contributed by atoms with E-state index in [1.54, 1.807) is 24.1 Å². The van der Waals surface area contributed by atoms with Crippen molar-refractivity contribution in [1.82, 2.24) is 15.0 Å². The van der Waals surface area contributed by atoms with Crippen LogP contribution in [0.3, 0.4) is 0 Å². The van der Waals surface area contributed by atoms with Gasteiger partial charge >= 0.3 is 0 Å². The lowest BCUT2D eigenvalue weighted by Gasteiger charge is -2.10. The summed E-state index contributed by atoms with van der Waals surface area (Å²) in [7, 11) is 1.59. The molecule has 3 rings (SSSR count). The minimum atomic E-state index is -0.220. The number of carbonyl (C=O) groups is 1. The smallest absolute Gasteiger partial charge is 0.207 e. The van der Waals surface area contributed by atoms with Crippen molar-refractivity contribution in [2.75, 3.05) is 13.7 Å². The number of ketones is 1. The fourth-order valence-corrected chi connectivity index (χ4v) is 2.46.